The van der Waals surface area contributed by atoms with Gasteiger partial charge in [-0.05, 0) is 51.5 Å². The van der Waals surface area contributed by atoms with Crippen LogP contribution in [0.15, 0.2) is 18.2 Å². The molecule has 0 N–H and O–H groups in total. The van der Waals surface area contributed by atoms with Gasteiger partial charge in [0.1, 0.15) is 5.60 Å². The first-order valence-electron chi connectivity index (χ1n) is 5.14. The van der Waals surface area contributed by atoms with E-state index in [4.69, 9.17) is 11.2 Å². The van der Waals surface area contributed by atoms with E-state index in [-0.39, 0.29) is 5.97 Å². The summed E-state index contributed by atoms with van der Waals surface area (Å²) in [4.78, 5) is 11.8. The monoisotopic (exact) mass is 216 g/mol. The second-order valence-corrected chi connectivity index (χ2v) is 4.68. The predicted molar refractivity (Wildman–Crippen MR) is 64.3 cm³/mol. The van der Waals surface area contributed by atoms with Crippen molar-refractivity contribution < 1.29 is 9.53 Å². The number of benzene rings is 1. The molecule has 0 aromatic heterocycles. The number of hydrogen-bond donors (Lipinski definition) is 0. The van der Waals surface area contributed by atoms with Gasteiger partial charge in [0.05, 0.1) is 5.56 Å². The minimum absolute atomic E-state index is 0.312. The zero-order valence-electron chi connectivity index (χ0n) is 10.1. The van der Waals surface area contributed by atoms with Crippen LogP contribution in [-0.2, 0) is 4.74 Å². The topological polar surface area (TPSA) is 26.3 Å². The largest absolute Gasteiger partial charge is 0.456 e. The standard InChI is InChI=1S/C14H16O2/c1-6-11-7-8-12(10(2)9-11)13(15)16-14(3,4)5/h1,7-9H,2-5H3. The van der Waals surface area contributed by atoms with E-state index in [1.807, 2.05) is 27.7 Å². The Bertz CT molecular complexity index is 445. The quantitative estimate of drug-likeness (QED) is 0.533. The Labute approximate surface area is 96.6 Å². The summed E-state index contributed by atoms with van der Waals surface area (Å²) in [6, 6.07) is 5.25. The molecule has 16 heavy (non-hydrogen) atoms. The number of hydrogen-bond acceptors (Lipinski definition) is 2. The smallest absolute Gasteiger partial charge is 0.338 e. The molecule has 0 bridgehead atoms. The molecular weight excluding hydrogens is 200 g/mol. The average molecular weight is 216 g/mol. The van der Waals surface area contributed by atoms with Crippen molar-refractivity contribution in [2.24, 2.45) is 0 Å². The molecule has 0 aliphatic heterocycles. The van der Waals surface area contributed by atoms with Gasteiger partial charge in [0.2, 0.25) is 0 Å². The van der Waals surface area contributed by atoms with Gasteiger partial charge >= 0.3 is 5.97 Å². The number of terminal acetylenes is 1. The number of esters is 1. The van der Waals surface area contributed by atoms with Crippen LogP contribution in [0, 0.1) is 19.3 Å². The minimum Gasteiger partial charge on any atom is -0.456 e. The summed E-state index contributed by atoms with van der Waals surface area (Å²) in [5.74, 6) is 2.22. The Morgan fingerprint density at radius 3 is 2.44 bits per heavy atom. The summed E-state index contributed by atoms with van der Waals surface area (Å²) in [7, 11) is 0. The lowest BCUT2D eigenvalue weighted by molar-refractivity contribution is 0.00688. The summed E-state index contributed by atoms with van der Waals surface area (Å²) in [6.07, 6.45) is 5.28. The maximum atomic E-state index is 11.8. The van der Waals surface area contributed by atoms with Gasteiger partial charge in [-0.1, -0.05) is 5.92 Å². The van der Waals surface area contributed by atoms with Crippen molar-refractivity contribution in [3.05, 3.63) is 34.9 Å². The van der Waals surface area contributed by atoms with Crippen molar-refractivity contribution in [1.82, 2.24) is 0 Å². The molecule has 1 rings (SSSR count). The van der Waals surface area contributed by atoms with Gasteiger partial charge < -0.3 is 4.74 Å². The van der Waals surface area contributed by atoms with Gasteiger partial charge in [0, 0.05) is 5.56 Å². The van der Waals surface area contributed by atoms with E-state index < -0.39 is 5.60 Å². The Morgan fingerprint density at radius 1 is 1.38 bits per heavy atom. The lowest BCUT2D eigenvalue weighted by atomic mass is 10.1. The summed E-state index contributed by atoms with van der Waals surface area (Å²) in [5.41, 5.74) is 1.69. The number of carbonyl (C=O) groups excluding carboxylic acids is 1. The highest BCUT2D eigenvalue weighted by molar-refractivity contribution is 5.91. The van der Waals surface area contributed by atoms with Crippen LogP contribution in [0.1, 0.15) is 42.3 Å². The maximum Gasteiger partial charge on any atom is 0.338 e. The molecule has 0 atom stereocenters. The number of rotatable bonds is 1. The summed E-state index contributed by atoms with van der Waals surface area (Å²) in [5, 5.41) is 0. The molecule has 1 aromatic rings. The molecule has 0 aliphatic carbocycles. The number of aryl methyl sites for hydroxylation is 1. The van der Waals surface area contributed by atoms with Gasteiger partial charge in [-0.2, -0.15) is 0 Å². The van der Waals surface area contributed by atoms with Crippen LogP contribution in [0.25, 0.3) is 0 Å². The highest BCUT2D eigenvalue weighted by Gasteiger charge is 2.19. The first kappa shape index (κ1) is 12.3. The third-order valence-corrected chi connectivity index (χ3v) is 2.01. The second kappa shape index (κ2) is 4.40. The zero-order valence-corrected chi connectivity index (χ0v) is 10.1. The first-order chi connectivity index (χ1) is 7.33. The van der Waals surface area contributed by atoms with Crippen molar-refractivity contribution in [1.29, 1.82) is 0 Å². The fourth-order valence-corrected chi connectivity index (χ4v) is 1.32. The Kier molecular flexibility index (Phi) is 3.39. The van der Waals surface area contributed by atoms with Crippen LogP contribution >= 0.6 is 0 Å². The number of ether oxygens (including phenoxy) is 1. The van der Waals surface area contributed by atoms with Crippen LogP contribution in [0.5, 0.6) is 0 Å². The van der Waals surface area contributed by atoms with E-state index >= 15 is 0 Å². The van der Waals surface area contributed by atoms with Crippen molar-refractivity contribution in [2.45, 2.75) is 33.3 Å². The van der Waals surface area contributed by atoms with Gasteiger partial charge in [-0.3, -0.25) is 0 Å². The SMILES string of the molecule is C#Cc1ccc(C(=O)OC(C)(C)C)c(C)c1. The Morgan fingerprint density at radius 2 is 2.00 bits per heavy atom. The average Bonchev–Trinajstić information content (AvgIpc) is 2.14. The molecule has 2 heteroatoms. The van der Waals surface area contributed by atoms with Crippen LogP contribution < -0.4 is 0 Å². The molecule has 2 nitrogen and oxygen atoms in total. The molecule has 0 fully saturated rings. The molecule has 0 saturated carbocycles. The number of carbonyl (C=O) groups is 1. The van der Waals surface area contributed by atoms with E-state index in [0.29, 0.717) is 5.56 Å². The van der Waals surface area contributed by atoms with Gasteiger partial charge in [0.25, 0.3) is 0 Å². The first-order valence-corrected chi connectivity index (χ1v) is 5.14. The van der Waals surface area contributed by atoms with Gasteiger partial charge in [-0.15, -0.1) is 6.42 Å². The lowest BCUT2D eigenvalue weighted by Gasteiger charge is -2.20. The highest BCUT2D eigenvalue weighted by atomic mass is 16.6. The fourth-order valence-electron chi connectivity index (χ4n) is 1.32. The third-order valence-electron chi connectivity index (χ3n) is 2.01. The summed E-state index contributed by atoms with van der Waals surface area (Å²) in [6.45, 7) is 7.38. The molecule has 0 amide bonds. The lowest BCUT2D eigenvalue weighted by Crippen LogP contribution is -2.24. The van der Waals surface area contributed by atoms with E-state index in [0.717, 1.165) is 11.1 Å². The highest BCUT2D eigenvalue weighted by Crippen LogP contribution is 2.16. The van der Waals surface area contributed by atoms with Crippen molar-refractivity contribution in [3.63, 3.8) is 0 Å². The van der Waals surface area contributed by atoms with E-state index in [9.17, 15) is 4.79 Å². The van der Waals surface area contributed by atoms with E-state index in [1.54, 1.807) is 18.2 Å². The normalized spacial score (nSPS) is 10.7. The van der Waals surface area contributed by atoms with Crippen LogP contribution in [0.4, 0.5) is 0 Å². The molecule has 0 saturated heterocycles. The molecule has 0 spiro atoms. The van der Waals surface area contributed by atoms with Crippen LogP contribution in [0.2, 0.25) is 0 Å². The predicted octanol–water partition coefficient (Wildman–Crippen LogP) is 2.93. The molecule has 0 unspecified atom stereocenters. The van der Waals surface area contributed by atoms with E-state index in [1.165, 1.54) is 0 Å². The van der Waals surface area contributed by atoms with Crippen LogP contribution in [0.3, 0.4) is 0 Å². The van der Waals surface area contributed by atoms with E-state index in [2.05, 4.69) is 5.92 Å². The summed E-state index contributed by atoms with van der Waals surface area (Å²) < 4.78 is 5.29. The van der Waals surface area contributed by atoms with Crippen molar-refractivity contribution >= 4 is 5.97 Å². The molecule has 84 valence electrons. The molecule has 0 radical (unpaired) electrons. The van der Waals surface area contributed by atoms with Crippen molar-refractivity contribution in [3.8, 4) is 12.3 Å². The molecule has 0 aliphatic rings. The summed E-state index contributed by atoms with van der Waals surface area (Å²) >= 11 is 0. The second-order valence-electron chi connectivity index (χ2n) is 4.68. The Hall–Kier alpha value is -1.75. The fraction of sp³-hybridized carbons (Fsp3) is 0.357. The van der Waals surface area contributed by atoms with Crippen LogP contribution in [-0.4, -0.2) is 11.6 Å². The van der Waals surface area contributed by atoms with Gasteiger partial charge in [-0.25, -0.2) is 4.79 Å². The zero-order chi connectivity index (χ0) is 12.3. The molecule has 1 aromatic carbocycles. The molecule has 0 heterocycles. The molecular formula is C14H16O2. The third kappa shape index (κ3) is 3.13. The van der Waals surface area contributed by atoms with Crippen molar-refractivity contribution in [2.75, 3.05) is 0 Å². The Balaban J connectivity index is 2.98. The maximum absolute atomic E-state index is 11.8. The van der Waals surface area contributed by atoms with Gasteiger partial charge in [0.15, 0.2) is 0 Å². The minimum atomic E-state index is -0.478.